The van der Waals surface area contributed by atoms with Crippen LogP contribution in [0, 0.1) is 0 Å². The molecular weight excluding hydrogens is 412 g/mol. The molecular formula is C21H29ClN2O6. The van der Waals surface area contributed by atoms with E-state index in [0.29, 0.717) is 37.0 Å². The lowest BCUT2D eigenvalue weighted by Gasteiger charge is -2.35. The third-order valence-electron chi connectivity index (χ3n) is 4.90. The molecule has 0 unspecified atom stereocenters. The van der Waals surface area contributed by atoms with Crippen molar-refractivity contribution in [3.8, 4) is 0 Å². The first-order chi connectivity index (χ1) is 14.2. The molecule has 1 amide bonds. The maximum absolute atomic E-state index is 13.0. The van der Waals surface area contributed by atoms with Crippen molar-refractivity contribution in [2.45, 2.75) is 45.1 Å². The van der Waals surface area contributed by atoms with Crippen LogP contribution in [-0.2, 0) is 30.3 Å². The first kappa shape index (κ1) is 23.0. The first-order valence-corrected chi connectivity index (χ1v) is 10.5. The van der Waals surface area contributed by atoms with Gasteiger partial charge in [-0.3, -0.25) is 9.69 Å². The van der Waals surface area contributed by atoms with Gasteiger partial charge in [0.05, 0.1) is 19.8 Å². The van der Waals surface area contributed by atoms with E-state index in [1.807, 2.05) is 6.07 Å². The Morgan fingerprint density at radius 1 is 1.27 bits per heavy atom. The molecule has 166 valence electrons. The minimum absolute atomic E-state index is 0.192. The molecule has 2 aliphatic rings. The van der Waals surface area contributed by atoms with E-state index in [2.05, 4.69) is 4.90 Å². The van der Waals surface area contributed by atoms with Gasteiger partial charge in [-0.25, -0.2) is 4.79 Å². The second kappa shape index (κ2) is 9.62. The van der Waals surface area contributed by atoms with Gasteiger partial charge >= 0.3 is 5.97 Å². The third-order valence-corrected chi connectivity index (χ3v) is 5.26. The zero-order valence-corrected chi connectivity index (χ0v) is 18.4. The van der Waals surface area contributed by atoms with Gasteiger partial charge in [-0.15, -0.1) is 0 Å². The fourth-order valence-electron chi connectivity index (χ4n) is 3.42. The summed E-state index contributed by atoms with van der Waals surface area (Å²) in [6.45, 7) is 9.24. The van der Waals surface area contributed by atoms with E-state index in [9.17, 15) is 14.7 Å². The summed E-state index contributed by atoms with van der Waals surface area (Å²) in [6.07, 6.45) is -3.01. The number of carbonyl (C=O) groups excluding carboxylic acids is 2. The highest BCUT2D eigenvalue weighted by Crippen LogP contribution is 2.27. The maximum Gasteiger partial charge on any atom is 0.338 e. The highest BCUT2D eigenvalue weighted by atomic mass is 35.5. The summed E-state index contributed by atoms with van der Waals surface area (Å²) in [5.41, 5.74) is 0.775. The quantitative estimate of drug-likeness (QED) is 0.696. The average molecular weight is 441 g/mol. The predicted octanol–water partition coefficient (Wildman–Crippen LogP) is 1.61. The SMILES string of the molecule is CC(C)(C)OC(=O)[C@H](O)[C@H]1OCCN(c2ccc(Cl)c(CN3CCOCC3)c2)C1=O. The van der Waals surface area contributed by atoms with Crippen LogP contribution in [0.2, 0.25) is 5.02 Å². The lowest BCUT2D eigenvalue weighted by molar-refractivity contribution is -0.177. The van der Waals surface area contributed by atoms with Crippen molar-refractivity contribution >= 4 is 29.2 Å². The number of esters is 1. The first-order valence-electron chi connectivity index (χ1n) is 10.1. The highest BCUT2D eigenvalue weighted by Gasteiger charge is 2.41. The second-order valence-corrected chi connectivity index (χ2v) is 8.83. The summed E-state index contributed by atoms with van der Waals surface area (Å²) in [7, 11) is 0. The molecule has 0 spiro atoms. The van der Waals surface area contributed by atoms with Gasteiger partial charge in [0, 0.05) is 36.9 Å². The number of hydrogen-bond acceptors (Lipinski definition) is 7. The van der Waals surface area contributed by atoms with Crippen LogP contribution in [0.5, 0.6) is 0 Å². The van der Waals surface area contributed by atoms with E-state index >= 15 is 0 Å². The number of amides is 1. The predicted molar refractivity (Wildman–Crippen MR) is 111 cm³/mol. The van der Waals surface area contributed by atoms with Crippen LogP contribution in [-0.4, -0.2) is 79.1 Å². The average Bonchev–Trinajstić information content (AvgIpc) is 2.69. The Labute approximate surface area is 181 Å². The Morgan fingerprint density at radius 3 is 2.63 bits per heavy atom. The molecule has 2 aliphatic heterocycles. The van der Waals surface area contributed by atoms with Gasteiger partial charge in [0.2, 0.25) is 0 Å². The number of carbonyl (C=O) groups is 2. The second-order valence-electron chi connectivity index (χ2n) is 8.42. The summed E-state index contributed by atoms with van der Waals surface area (Å²) in [5.74, 6) is -1.37. The van der Waals surface area contributed by atoms with E-state index in [0.717, 1.165) is 18.7 Å². The van der Waals surface area contributed by atoms with Crippen LogP contribution >= 0.6 is 11.6 Å². The molecule has 1 aromatic carbocycles. The zero-order chi connectivity index (χ0) is 21.9. The number of rotatable bonds is 5. The van der Waals surface area contributed by atoms with Crippen LogP contribution in [0.25, 0.3) is 0 Å². The standard InChI is InChI=1S/C21H29ClN2O6/c1-21(2,3)30-20(27)17(25)18-19(26)24(8-11-29-18)15-4-5-16(22)14(12-15)13-23-6-9-28-10-7-23/h4-5,12,17-18,25H,6-11,13H2,1-3H3/t17-,18-/m1/s1. The number of nitrogens with zero attached hydrogens (tertiary/aromatic N) is 2. The maximum atomic E-state index is 13.0. The normalized spacial score (nSPS) is 22.1. The number of hydrogen-bond donors (Lipinski definition) is 1. The number of halogens is 1. The van der Waals surface area contributed by atoms with Gasteiger partial charge in [0.25, 0.3) is 5.91 Å². The minimum Gasteiger partial charge on any atom is -0.458 e. The Bertz CT molecular complexity index is 775. The van der Waals surface area contributed by atoms with Crippen molar-refractivity contribution in [2.24, 2.45) is 0 Å². The van der Waals surface area contributed by atoms with Crippen LogP contribution in [0.1, 0.15) is 26.3 Å². The zero-order valence-electron chi connectivity index (χ0n) is 17.6. The molecule has 8 nitrogen and oxygen atoms in total. The Balaban J connectivity index is 1.74. The van der Waals surface area contributed by atoms with E-state index in [4.69, 9.17) is 25.8 Å². The van der Waals surface area contributed by atoms with Gasteiger partial charge in [-0.05, 0) is 44.5 Å². The summed E-state index contributed by atoms with van der Waals surface area (Å²) in [6, 6.07) is 5.39. The molecule has 0 aromatic heterocycles. The van der Waals surface area contributed by atoms with E-state index in [1.54, 1.807) is 32.9 Å². The molecule has 0 saturated carbocycles. The van der Waals surface area contributed by atoms with Crippen LogP contribution in [0.3, 0.4) is 0 Å². The van der Waals surface area contributed by atoms with Crippen LogP contribution in [0.4, 0.5) is 5.69 Å². The van der Waals surface area contributed by atoms with Crippen LogP contribution < -0.4 is 4.90 Å². The number of morpholine rings is 2. The monoisotopic (exact) mass is 440 g/mol. The van der Waals surface area contributed by atoms with Gasteiger partial charge in [-0.1, -0.05) is 11.6 Å². The molecule has 2 heterocycles. The van der Waals surface area contributed by atoms with Crippen molar-refractivity contribution in [2.75, 3.05) is 44.4 Å². The Morgan fingerprint density at radius 2 is 1.97 bits per heavy atom. The third kappa shape index (κ3) is 5.70. The molecule has 3 rings (SSSR count). The number of aliphatic hydroxyl groups excluding tert-OH is 1. The van der Waals surface area contributed by atoms with E-state index in [1.165, 1.54) is 4.90 Å². The van der Waals surface area contributed by atoms with Crippen molar-refractivity contribution in [3.63, 3.8) is 0 Å². The summed E-state index contributed by atoms with van der Waals surface area (Å²) >= 11 is 6.39. The Kier molecular flexibility index (Phi) is 7.36. The summed E-state index contributed by atoms with van der Waals surface area (Å²) in [5, 5.41) is 11.0. The number of ether oxygens (including phenoxy) is 3. The van der Waals surface area contributed by atoms with Crippen molar-refractivity contribution in [3.05, 3.63) is 28.8 Å². The lowest BCUT2D eigenvalue weighted by Crippen LogP contribution is -2.55. The molecule has 2 atom stereocenters. The van der Waals surface area contributed by atoms with Crippen molar-refractivity contribution in [1.82, 2.24) is 4.90 Å². The van der Waals surface area contributed by atoms with Crippen molar-refractivity contribution < 1.29 is 28.9 Å². The van der Waals surface area contributed by atoms with E-state index in [-0.39, 0.29) is 6.61 Å². The molecule has 30 heavy (non-hydrogen) atoms. The fourth-order valence-corrected chi connectivity index (χ4v) is 3.60. The van der Waals surface area contributed by atoms with Gasteiger partial charge in [0.1, 0.15) is 5.60 Å². The van der Waals surface area contributed by atoms with Crippen LogP contribution in [0.15, 0.2) is 18.2 Å². The molecule has 0 aliphatic carbocycles. The van der Waals surface area contributed by atoms with Crippen molar-refractivity contribution in [1.29, 1.82) is 0 Å². The highest BCUT2D eigenvalue weighted by molar-refractivity contribution is 6.31. The summed E-state index contributed by atoms with van der Waals surface area (Å²) in [4.78, 5) is 29.0. The summed E-state index contributed by atoms with van der Waals surface area (Å²) < 4.78 is 16.0. The molecule has 0 radical (unpaired) electrons. The lowest BCUT2D eigenvalue weighted by atomic mass is 10.1. The van der Waals surface area contributed by atoms with Gasteiger partial charge in [-0.2, -0.15) is 0 Å². The Hall–Kier alpha value is -1.71. The molecule has 2 saturated heterocycles. The molecule has 1 aromatic rings. The van der Waals surface area contributed by atoms with E-state index < -0.39 is 29.7 Å². The largest absolute Gasteiger partial charge is 0.458 e. The van der Waals surface area contributed by atoms with Gasteiger partial charge in [0.15, 0.2) is 12.2 Å². The molecule has 2 fully saturated rings. The van der Waals surface area contributed by atoms with Gasteiger partial charge < -0.3 is 24.2 Å². The number of aliphatic hydroxyl groups is 1. The minimum atomic E-state index is -1.69. The molecule has 1 N–H and O–H groups in total. The fraction of sp³-hybridized carbons (Fsp3) is 0.619. The topological polar surface area (TPSA) is 88.5 Å². The molecule has 0 bridgehead atoms. The smallest absolute Gasteiger partial charge is 0.338 e. The molecule has 9 heteroatoms. The number of benzene rings is 1. The number of anilines is 1.